The Bertz CT molecular complexity index is 1030. The van der Waals surface area contributed by atoms with E-state index >= 15 is 0 Å². The standard InChI is InChI=1S/C18H19N3O5S/c1-4-17-19-18(20-26-17)15-11-14(9-10-16(15)25-3)27(22,23)21-12-5-7-13(24-2)8-6-12/h5-11,21H,4H2,1-3H3. The van der Waals surface area contributed by atoms with E-state index in [-0.39, 0.29) is 10.7 Å². The predicted octanol–water partition coefficient (Wildman–Crippen LogP) is 3.12. The third-order valence-corrected chi connectivity index (χ3v) is 5.21. The Morgan fingerprint density at radius 3 is 2.41 bits per heavy atom. The normalized spacial score (nSPS) is 11.2. The second-order valence-electron chi connectivity index (χ2n) is 5.56. The molecule has 0 aliphatic heterocycles. The number of nitrogens with one attached hydrogen (secondary N) is 1. The predicted molar refractivity (Wildman–Crippen MR) is 99.5 cm³/mol. The van der Waals surface area contributed by atoms with Gasteiger partial charge in [0, 0.05) is 12.1 Å². The summed E-state index contributed by atoms with van der Waals surface area (Å²) in [5.74, 6) is 1.80. The number of methoxy groups -OCH3 is 2. The summed E-state index contributed by atoms with van der Waals surface area (Å²) in [5, 5.41) is 3.90. The first-order chi connectivity index (χ1) is 13.0. The summed E-state index contributed by atoms with van der Waals surface area (Å²) in [4.78, 5) is 4.30. The highest BCUT2D eigenvalue weighted by Gasteiger charge is 2.20. The molecule has 0 spiro atoms. The summed E-state index contributed by atoms with van der Waals surface area (Å²) in [6.45, 7) is 1.88. The van der Waals surface area contributed by atoms with Crippen LogP contribution in [-0.4, -0.2) is 32.8 Å². The Balaban J connectivity index is 1.96. The molecule has 0 aliphatic carbocycles. The number of hydrogen-bond donors (Lipinski definition) is 1. The number of benzene rings is 2. The van der Waals surface area contributed by atoms with Gasteiger partial charge in [0.15, 0.2) is 0 Å². The fourth-order valence-electron chi connectivity index (χ4n) is 2.41. The molecule has 0 amide bonds. The van der Waals surface area contributed by atoms with Gasteiger partial charge in [0.2, 0.25) is 11.7 Å². The van der Waals surface area contributed by atoms with Crippen molar-refractivity contribution in [1.29, 1.82) is 0 Å². The first-order valence-corrected chi connectivity index (χ1v) is 9.63. The molecule has 9 heteroatoms. The van der Waals surface area contributed by atoms with Crippen LogP contribution in [0.25, 0.3) is 11.4 Å². The van der Waals surface area contributed by atoms with Crippen molar-refractivity contribution in [3.8, 4) is 22.9 Å². The molecule has 0 saturated heterocycles. The second kappa shape index (κ2) is 7.67. The van der Waals surface area contributed by atoms with Crippen molar-refractivity contribution >= 4 is 15.7 Å². The van der Waals surface area contributed by atoms with E-state index in [0.717, 1.165) is 0 Å². The number of aromatic nitrogens is 2. The maximum absolute atomic E-state index is 12.8. The second-order valence-corrected chi connectivity index (χ2v) is 7.24. The van der Waals surface area contributed by atoms with Gasteiger partial charge in [-0.25, -0.2) is 8.42 Å². The molecular formula is C18H19N3O5S. The lowest BCUT2D eigenvalue weighted by molar-refractivity contribution is 0.382. The van der Waals surface area contributed by atoms with E-state index in [1.54, 1.807) is 37.4 Å². The Morgan fingerprint density at radius 1 is 1.07 bits per heavy atom. The molecule has 0 unspecified atom stereocenters. The summed E-state index contributed by atoms with van der Waals surface area (Å²) >= 11 is 0. The van der Waals surface area contributed by atoms with Crippen LogP contribution in [0.3, 0.4) is 0 Å². The zero-order valence-corrected chi connectivity index (χ0v) is 15.9. The minimum absolute atomic E-state index is 0.0527. The fourth-order valence-corrected chi connectivity index (χ4v) is 3.49. The molecule has 3 aromatic rings. The number of nitrogens with zero attached hydrogens (tertiary/aromatic N) is 2. The van der Waals surface area contributed by atoms with E-state index < -0.39 is 10.0 Å². The van der Waals surface area contributed by atoms with Crippen molar-refractivity contribution in [2.45, 2.75) is 18.2 Å². The Morgan fingerprint density at radius 2 is 1.81 bits per heavy atom. The molecule has 0 saturated carbocycles. The number of anilines is 1. The Kier molecular flexibility index (Phi) is 5.31. The van der Waals surface area contributed by atoms with Crippen molar-refractivity contribution < 1.29 is 22.4 Å². The van der Waals surface area contributed by atoms with Crippen LogP contribution in [-0.2, 0) is 16.4 Å². The molecule has 0 atom stereocenters. The summed E-state index contributed by atoms with van der Waals surface area (Å²) in [5.41, 5.74) is 0.847. The molecule has 142 valence electrons. The van der Waals surface area contributed by atoms with Gasteiger partial charge in [0.05, 0.1) is 24.7 Å². The Hall–Kier alpha value is -3.07. The monoisotopic (exact) mass is 389 g/mol. The number of ether oxygens (including phenoxy) is 2. The molecule has 8 nitrogen and oxygen atoms in total. The van der Waals surface area contributed by atoms with E-state index in [9.17, 15) is 8.42 Å². The summed E-state index contributed by atoms with van der Waals surface area (Å²) < 4.78 is 43.5. The van der Waals surface area contributed by atoms with Crippen LogP contribution in [0.2, 0.25) is 0 Å². The van der Waals surface area contributed by atoms with Crippen LogP contribution in [0, 0.1) is 0 Å². The van der Waals surface area contributed by atoms with Crippen LogP contribution >= 0.6 is 0 Å². The minimum Gasteiger partial charge on any atom is -0.497 e. The lowest BCUT2D eigenvalue weighted by atomic mass is 10.2. The molecule has 1 heterocycles. The Labute approximate surface area is 157 Å². The average molecular weight is 389 g/mol. The third kappa shape index (κ3) is 4.03. The highest BCUT2D eigenvalue weighted by Crippen LogP contribution is 2.31. The van der Waals surface area contributed by atoms with Gasteiger partial charge in [-0.15, -0.1) is 0 Å². The number of sulfonamides is 1. The van der Waals surface area contributed by atoms with Crippen LogP contribution in [0.5, 0.6) is 11.5 Å². The zero-order chi connectivity index (χ0) is 19.4. The van der Waals surface area contributed by atoms with Crippen molar-refractivity contribution in [3.05, 3.63) is 48.4 Å². The number of aryl methyl sites for hydroxylation is 1. The van der Waals surface area contributed by atoms with Gasteiger partial charge < -0.3 is 14.0 Å². The molecule has 1 aromatic heterocycles. The minimum atomic E-state index is -3.82. The van der Waals surface area contributed by atoms with Crippen LogP contribution in [0.15, 0.2) is 51.9 Å². The molecule has 27 heavy (non-hydrogen) atoms. The molecule has 0 fully saturated rings. The van der Waals surface area contributed by atoms with Crippen LogP contribution in [0.1, 0.15) is 12.8 Å². The van der Waals surface area contributed by atoms with Gasteiger partial charge in [0.25, 0.3) is 10.0 Å². The van der Waals surface area contributed by atoms with Gasteiger partial charge in [-0.05, 0) is 42.5 Å². The molecule has 0 bridgehead atoms. The van der Waals surface area contributed by atoms with Crippen molar-refractivity contribution in [2.75, 3.05) is 18.9 Å². The summed E-state index contributed by atoms with van der Waals surface area (Å²) in [6, 6.07) is 11.0. The van der Waals surface area contributed by atoms with Gasteiger partial charge in [-0.1, -0.05) is 12.1 Å². The van der Waals surface area contributed by atoms with E-state index in [0.29, 0.717) is 35.1 Å². The highest BCUT2D eigenvalue weighted by atomic mass is 32.2. The van der Waals surface area contributed by atoms with Crippen LogP contribution in [0.4, 0.5) is 5.69 Å². The van der Waals surface area contributed by atoms with Gasteiger partial charge in [-0.2, -0.15) is 4.98 Å². The molecule has 3 rings (SSSR count). The molecule has 0 radical (unpaired) electrons. The first kappa shape index (κ1) is 18.7. The average Bonchev–Trinajstić information content (AvgIpc) is 3.17. The maximum atomic E-state index is 12.8. The van der Waals surface area contributed by atoms with E-state index in [1.165, 1.54) is 19.2 Å². The van der Waals surface area contributed by atoms with E-state index in [1.807, 2.05) is 6.92 Å². The summed E-state index contributed by atoms with van der Waals surface area (Å²) in [7, 11) is -0.789. The highest BCUT2D eigenvalue weighted by molar-refractivity contribution is 7.92. The van der Waals surface area contributed by atoms with Gasteiger partial charge >= 0.3 is 0 Å². The molecule has 2 aromatic carbocycles. The SMILES string of the molecule is CCc1nc(-c2cc(S(=O)(=O)Nc3ccc(OC)cc3)ccc2OC)no1. The summed E-state index contributed by atoms with van der Waals surface area (Å²) in [6.07, 6.45) is 0.576. The van der Waals surface area contributed by atoms with Gasteiger partial charge in [-0.3, -0.25) is 4.72 Å². The van der Waals surface area contributed by atoms with Crippen LogP contribution < -0.4 is 14.2 Å². The third-order valence-electron chi connectivity index (χ3n) is 3.83. The zero-order valence-electron chi connectivity index (χ0n) is 15.1. The van der Waals surface area contributed by atoms with E-state index in [2.05, 4.69) is 14.9 Å². The van der Waals surface area contributed by atoms with Gasteiger partial charge in [0.1, 0.15) is 11.5 Å². The van der Waals surface area contributed by atoms with Crippen molar-refractivity contribution in [1.82, 2.24) is 10.1 Å². The largest absolute Gasteiger partial charge is 0.497 e. The quantitative estimate of drug-likeness (QED) is 0.662. The van der Waals surface area contributed by atoms with E-state index in [4.69, 9.17) is 14.0 Å². The number of rotatable bonds is 7. The molecular weight excluding hydrogens is 370 g/mol. The maximum Gasteiger partial charge on any atom is 0.261 e. The molecule has 1 N–H and O–H groups in total. The first-order valence-electron chi connectivity index (χ1n) is 8.14. The topological polar surface area (TPSA) is 104 Å². The van der Waals surface area contributed by atoms with Crippen molar-refractivity contribution in [3.63, 3.8) is 0 Å². The molecule has 0 aliphatic rings. The van der Waals surface area contributed by atoms with Crippen molar-refractivity contribution in [2.24, 2.45) is 0 Å². The smallest absolute Gasteiger partial charge is 0.261 e. The fraction of sp³-hybridized carbons (Fsp3) is 0.222. The number of hydrogen-bond acceptors (Lipinski definition) is 7. The lowest BCUT2D eigenvalue weighted by Gasteiger charge is -2.11. The lowest BCUT2D eigenvalue weighted by Crippen LogP contribution is -2.13.